The third-order valence-electron chi connectivity index (χ3n) is 5.01. The van der Waals surface area contributed by atoms with E-state index in [0.29, 0.717) is 29.2 Å². The summed E-state index contributed by atoms with van der Waals surface area (Å²) in [6, 6.07) is 10.4. The summed E-state index contributed by atoms with van der Waals surface area (Å²) in [6.07, 6.45) is 3.80. The van der Waals surface area contributed by atoms with Crippen molar-refractivity contribution in [2.45, 2.75) is 45.9 Å². The van der Waals surface area contributed by atoms with Gasteiger partial charge in [-0.1, -0.05) is 48.0 Å². The molecule has 7 nitrogen and oxygen atoms in total. The zero-order chi connectivity index (χ0) is 23.5. The Morgan fingerprint density at radius 2 is 1.62 bits per heavy atom. The maximum absolute atomic E-state index is 12.9. The van der Waals surface area contributed by atoms with Crippen LogP contribution < -0.4 is 10.0 Å². The van der Waals surface area contributed by atoms with Crippen molar-refractivity contribution in [3.05, 3.63) is 70.1 Å². The van der Waals surface area contributed by atoms with E-state index < -0.39 is 10.0 Å². The lowest BCUT2D eigenvalue weighted by molar-refractivity contribution is -0.115. The number of carbonyl (C=O) groups is 1. The summed E-state index contributed by atoms with van der Waals surface area (Å²) in [5, 5.41) is 6.67. The molecule has 0 unspecified atom stereocenters. The molecular formula is C24H27N3O4S. The van der Waals surface area contributed by atoms with E-state index in [9.17, 15) is 13.2 Å². The summed E-state index contributed by atoms with van der Waals surface area (Å²) in [7, 11) is -3.72. The summed E-state index contributed by atoms with van der Waals surface area (Å²) in [5.41, 5.74) is 5.31. The third-order valence-corrected chi connectivity index (χ3v) is 6.37. The maximum atomic E-state index is 12.9. The van der Waals surface area contributed by atoms with Gasteiger partial charge in [0.25, 0.3) is 10.0 Å². The Labute approximate surface area is 188 Å². The molecule has 1 amide bonds. The van der Waals surface area contributed by atoms with Crippen molar-refractivity contribution in [3.63, 3.8) is 0 Å². The van der Waals surface area contributed by atoms with Crippen molar-refractivity contribution in [2.24, 2.45) is 0 Å². The summed E-state index contributed by atoms with van der Waals surface area (Å²) >= 11 is 0. The molecule has 0 fully saturated rings. The number of aromatic nitrogens is 1. The van der Waals surface area contributed by atoms with Crippen molar-refractivity contribution in [2.75, 3.05) is 10.0 Å². The molecule has 2 N–H and O–H groups in total. The van der Waals surface area contributed by atoms with Crippen LogP contribution in [-0.2, 0) is 14.8 Å². The highest BCUT2D eigenvalue weighted by Gasteiger charge is 2.17. The number of amides is 1. The molecule has 3 aromatic rings. The minimum atomic E-state index is -3.72. The number of nitrogens with one attached hydrogen (secondary N) is 2. The van der Waals surface area contributed by atoms with Gasteiger partial charge in [0.05, 0.1) is 10.6 Å². The Morgan fingerprint density at radius 1 is 1.00 bits per heavy atom. The van der Waals surface area contributed by atoms with E-state index in [2.05, 4.69) is 15.2 Å². The van der Waals surface area contributed by atoms with Gasteiger partial charge in [-0.25, -0.2) is 8.42 Å². The van der Waals surface area contributed by atoms with E-state index in [1.807, 2.05) is 32.9 Å². The highest BCUT2D eigenvalue weighted by Crippen LogP contribution is 2.26. The number of sulfonamides is 1. The molecule has 0 spiro atoms. The zero-order valence-corrected chi connectivity index (χ0v) is 19.6. The molecule has 0 saturated heterocycles. The van der Waals surface area contributed by atoms with Crippen LogP contribution in [0.15, 0.2) is 45.8 Å². The van der Waals surface area contributed by atoms with E-state index in [0.717, 1.165) is 22.3 Å². The van der Waals surface area contributed by atoms with Crippen molar-refractivity contribution in [1.29, 1.82) is 0 Å². The average molecular weight is 454 g/mol. The smallest absolute Gasteiger partial charge is 0.261 e. The fourth-order valence-corrected chi connectivity index (χ4v) is 4.55. The van der Waals surface area contributed by atoms with Gasteiger partial charge in [0, 0.05) is 6.42 Å². The Kier molecular flexibility index (Phi) is 6.84. The first-order valence-corrected chi connectivity index (χ1v) is 11.7. The van der Waals surface area contributed by atoms with Crippen LogP contribution in [0.2, 0.25) is 0 Å². The fourth-order valence-electron chi connectivity index (χ4n) is 3.35. The van der Waals surface area contributed by atoms with E-state index >= 15 is 0 Å². The van der Waals surface area contributed by atoms with Gasteiger partial charge in [0.1, 0.15) is 11.4 Å². The molecule has 2 aromatic carbocycles. The molecule has 1 aromatic heterocycles. The average Bonchev–Trinajstić information content (AvgIpc) is 3.08. The normalized spacial score (nSPS) is 11.7. The molecule has 8 heteroatoms. The molecule has 1 heterocycles. The van der Waals surface area contributed by atoms with Crippen LogP contribution in [0.3, 0.4) is 0 Å². The van der Waals surface area contributed by atoms with Gasteiger partial charge in [-0.15, -0.1) is 0 Å². The minimum Gasteiger partial charge on any atom is -0.354 e. The fraction of sp³-hybridized carbons (Fsp3) is 0.250. The molecule has 0 atom stereocenters. The molecule has 0 aliphatic rings. The van der Waals surface area contributed by atoms with E-state index in [4.69, 9.17) is 4.52 Å². The van der Waals surface area contributed by atoms with Gasteiger partial charge >= 0.3 is 0 Å². The van der Waals surface area contributed by atoms with Crippen molar-refractivity contribution in [1.82, 2.24) is 5.16 Å². The van der Waals surface area contributed by atoms with Crippen molar-refractivity contribution in [3.8, 4) is 0 Å². The van der Waals surface area contributed by atoms with E-state index in [1.54, 1.807) is 50.3 Å². The summed E-state index contributed by atoms with van der Waals surface area (Å²) in [4.78, 5) is 11.9. The number of rotatable bonds is 7. The number of carbonyl (C=O) groups excluding carboxylic acids is 1. The second-order valence-corrected chi connectivity index (χ2v) is 9.37. The van der Waals surface area contributed by atoms with Gasteiger partial charge in [0.2, 0.25) is 5.91 Å². The Balaban J connectivity index is 1.79. The monoisotopic (exact) mass is 453 g/mol. The van der Waals surface area contributed by atoms with Crippen LogP contribution in [0.5, 0.6) is 0 Å². The van der Waals surface area contributed by atoms with Crippen molar-refractivity contribution >= 4 is 39.5 Å². The number of nitrogens with zero attached hydrogens (tertiary/aromatic N) is 1. The number of aryl methyl sites for hydroxylation is 4. The lowest BCUT2D eigenvalue weighted by Crippen LogP contribution is -2.14. The highest BCUT2D eigenvalue weighted by atomic mass is 32.2. The Hall–Kier alpha value is -3.39. The van der Waals surface area contributed by atoms with Gasteiger partial charge in [-0.05, 0) is 62.6 Å². The third kappa shape index (κ3) is 5.26. The SMILES string of the molecule is CCC(=O)Nc1c(C)noc1C=Cc1ccc(S(=O)(=O)Nc2c(C)cc(C)cc2C)cc1. The Bertz CT molecular complexity index is 1250. The highest BCUT2D eigenvalue weighted by molar-refractivity contribution is 7.92. The molecule has 0 bridgehead atoms. The molecule has 168 valence electrons. The zero-order valence-electron chi connectivity index (χ0n) is 18.8. The lowest BCUT2D eigenvalue weighted by atomic mass is 10.1. The van der Waals surface area contributed by atoms with Crippen molar-refractivity contribution < 1.29 is 17.7 Å². The second-order valence-electron chi connectivity index (χ2n) is 7.69. The predicted octanol–water partition coefficient (Wildman–Crippen LogP) is 5.23. The van der Waals surface area contributed by atoms with Crippen LogP contribution in [0, 0.1) is 27.7 Å². The molecule has 0 radical (unpaired) electrons. The molecule has 0 aliphatic heterocycles. The standard InChI is InChI=1S/C24H27N3O4S/c1-6-22(28)25-24-18(5)26-31-21(24)12-9-19-7-10-20(11-8-19)32(29,30)27-23-16(3)13-15(2)14-17(23)4/h7-14,27H,6H2,1-5H3,(H,25,28). The largest absolute Gasteiger partial charge is 0.354 e. The maximum Gasteiger partial charge on any atom is 0.261 e. The number of hydrogen-bond acceptors (Lipinski definition) is 5. The van der Waals surface area contributed by atoms with Crippen LogP contribution in [0.4, 0.5) is 11.4 Å². The van der Waals surface area contributed by atoms with Crippen LogP contribution in [-0.4, -0.2) is 19.5 Å². The molecule has 3 rings (SSSR count). The van der Waals surface area contributed by atoms with Crippen LogP contribution in [0.25, 0.3) is 12.2 Å². The summed E-state index contributed by atoms with van der Waals surface area (Å²) in [5.74, 6) is 0.292. The summed E-state index contributed by atoms with van der Waals surface area (Å²) in [6.45, 7) is 9.25. The van der Waals surface area contributed by atoms with Gasteiger partial charge < -0.3 is 9.84 Å². The first-order chi connectivity index (χ1) is 15.1. The first-order valence-electron chi connectivity index (χ1n) is 10.3. The predicted molar refractivity (Wildman–Crippen MR) is 127 cm³/mol. The van der Waals surface area contributed by atoms with Crippen LogP contribution >= 0.6 is 0 Å². The number of anilines is 2. The molecule has 0 aliphatic carbocycles. The van der Waals surface area contributed by atoms with Gasteiger partial charge in [-0.2, -0.15) is 0 Å². The number of benzene rings is 2. The van der Waals surface area contributed by atoms with E-state index in [1.165, 1.54) is 0 Å². The van der Waals surface area contributed by atoms with Crippen LogP contribution in [0.1, 0.15) is 47.1 Å². The molecular weight excluding hydrogens is 426 g/mol. The second kappa shape index (κ2) is 9.40. The van der Waals surface area contributed by atoms with Gasteiger partial charge in [0.15, 0.2) is 5.76 Å². The molecule has 0 saturated carbocycles. The topological polar surface area (TPSA) is 101 Å². The molecule has 32 heavy (non-hydrogen) atoms. The first kappa shape index (κ1) is 23.3. The minimum absolute atomic E-state index is 0.132. The lowest BCUT2D eigenvalue weighted by Gasteiger charge is -2.14. The number of hydrogen-bond donors (Lipinski definition) is 2. The quantitative estimate of drug-likeness (QED) is 0.510. The van der Waals surface area contributed by atoms with Gasteiger partial charge in [-0.3, -0.25) is 9.52 Å². The Morgan fingerprint density at radius 3 is 2.22 bits per heavy atom. The van der Waals surface area contributed by atoms with E-state index in [-0.39, 0.29) is 10.8 Å². The summed E-state index contributed by atoms with van der Waals surface area (Å²) < 4.78 is 33.7.